The molecule has 1 heterocycles. The molecule has 0 fully saturated rings. The van der Waals surface area contributed by atoms with E-state index in [1.165, 1.54) is 18.2 Å². The molecule has 0 bridgehead atoms. The van der Waals surface area contributed by atoms with Gasteiger partial charge in [-0.25, -0.2) is 13.1 Å². The number of rotatable bonds is 4. The van der Waals surface area contributed by atoms with E-state index in [1.54, 1.807) is 6.92 Å². The molecule has 2 rings (SSSR count). The third-order valence-corrected chi connectivity index (χ3v) is 4.22. The minimum atomic E-state index is -3.82. The van der Waals surface area contributed by atoms with Crippen LogP contribution in [-0.2, 0) is 16.6 Å². The van der Waals surface area contributed by atoms with Gasteiger partial charge in [0.15, 0.2) is 5.82 Å². The van der Waals surface area contributed by atoms with E-state index in [9.17, 15) is 8.42 Å². The Kier molecular flexibility index (Phi) is 4.04. The number of aromatic nitrogens is 2. The summed E-state index contributed by atoms with van der Waals surface area (Å²) in [6.07, 6.45) is 0. The van der Waals surface area contributed by atoms with Gasteiger partial charge in [0.25, 0.3) is 0 Å². The van der Waals surface area contributed by atoms with Crippen molar-refractivity contribution in [3.8, 4) is 6.07 Å². The van der Waals surface area contributed by atoms with Gasteiger partial charge in [0, 0.05) is 6.92 Å². The maximum absolute atomic E-state index is 12.1. The van der Waals surface area contributed by atoms with E-state index in [1.807, 2.05) is 6.07 Å². The third kappa shape index (κ3) is 3.14. The van der Waals surface area contributed by atoms with Crippen molar-refractivity contribution in [2.45, 2.75) is 18.4 Å². The molecular weight excluding hydrogens is 304 g/mol. The molecule has 0 saturated carbocycles. The second-order valence-corrected chi connectivity index (χ2v) is 5.95. The van der Waals surface area contributed by atoms with Crippen molar-refractivity contribution < 1.29 is 12.9 Å². The zero-order valence-electron chi connectivity index (χ0n) is 10.3. The fourth-order valence-electron chi connectivity index (χ4n) is 1.44. The van der Waals surface area contributed by atoms with Crippen molar-refractivity contribution in [1.29, 1.82) is 5.26 Å². The molecule has 104 valence electrons. The second-order valence-electron chi connectivity index (χ2n) is 3.81. The van der Waals surface area contributed by atoms with Gasteiger partial charge >= 0.3 is 0 Å². The van der Waals surface area contributed by atoms with E-state index in [4.69, 9.17) is 21.4 Å². The van der Waals surface area contributed by atoms with Crippen LogP contribution in [0.25, 0.3) is 0 Å². The predicted molar refractivity (Wildman–Crippen MR) is 69.2 cm³/mol. The highest BCUT2D eigenvalue weighted by atomic mass is 35.5. The zero-order valence-corrected chi connectivity index (χ0v) is 11.9. The highest BCUT2D eigenvalue weighted by Gasteiger charge is 2.19. The molecule has 1 N–H and O–H groups in total. The Balaban J connectivity index is 2.20. The summed E-state index contributed by atoms with van der Waals surface area (Å²) in [7, 11) is -3.82. The van der Waals surface area contributed by atoms with Gasteiger partial charge in [-0.1, -0.05) is 16.8 Å². The fourth-order valence-corrected chi connectivity index (χ4v) is 2.96. The van der Waals surface area contributed by atoms with E-state index in [2.05, 4.69) is 14.9 Å². The van der Waals surface area contributed by atoms with Crippen LogP contribution in [0.5, 0.6) is 0 Å². The summed E-state index contributed by atoms with van der Waals surface area (Å²) in [6, 6.07) is 5.80. The molecule has 0 aliphatic rings. The van der Waals surface area contributed by atoms with Gasteiger partial charge in [0.2, 0.25) is 15.9 Å². The predicted octanol–water partition coefficient (Wildman–Crippen LogP) is 1.38. The van der Waals surface area contributed by atoms with Crippen LogP contribution in [-0.4, -0.2) is 18.6 Å². The first-order chi connectivity index (χ1) is 9.42. The Morgan fingerprint density at radius 1 is 1.50 bits per heavy atom. The first kappa shape index (κ1) is 14.5. The van der Waals surface area contributed by atoms with Crippen LogP contribution in [0.1, 0.15) is 17.3 Å². The average Bonchev–Trinajstić information content (AvgIpc) is 2.82. The molecule has 7 nitrogen and oxygen atoms in total. The van der Waals surface area contributed by atoms with Crippen molar-refractivity contribution in [3.63, 3.8) is 0 Å². The average molecular weight is 313 g/mol. The molecule has 20 heavy (non-hydrogen) atoms. The standard InChI is InChI=1S/C11H9ClN4O3S/c1-7-15-11(16-19-7)6-14-20(17,18)10-3-2-8(5-13)4-9(10)12/h2-4,14H,6H2,1H3. The molecular formula is C11H9ClN4O3S. The lowest BCUT2D eigenvalue weighted by molar-refractivity contribution is 0.387. The number of hydrogen-bond donors (Lipinski definition) is 1. The van der Waals surface area contributed by atoms with Gasteiger partial charge in [-0.3, -0.25) is 0 Å². The molecule has 0 aliphatic heterocycles. The van der Waals surface area contributed by atoms with Crippen LogP contribution >= 0.6 is 11.6 Å². The number of sulfonamides is 1. The molecule has 0 amide bonds. The van der Waals surface area contributed by atoms with Crippen molar-refractivity contribution in [2.24, 2.45) is 0 Å². The van der Waals surface area contributed by atoms with Gasteiger partial charge < -0.3 is 4.52 Å². The molecule has 0 aliphatic carbocycles. The molecule has 9 heteroatoms. The molecule has 1 aromatic heterocycles. The highest BCUT2D eigenvalue weighted by Crippen LogP contribution is 2.22. The molecule has 0 saturated heterocycles. The summed E-state index contributed by atoms with van der Waals surface area (Å²) in [5.74, 6) is 0.562. The summed E-state index contributed by atoms with van der Waals surface area (Å²) >= 11 is 5.86. The van der Waals surface area contributed by atoms with Crippen molar-refractivity contribution in [2.75, 3.05) is 0 Å². The van der Waals surface area contributed by atoms with Crippen molar-refractivity contribution in [3.05, 3.63) is 40.5 Å². The van der Waals surface area contributed by atoms with Gasteiger partial charge in [-0.15, -0.1) is 0 Å². The lowest BCUT2D eigenvalue weighted by Crippen LogP contribution is -2.24. The van der Waals surface area contributed by atoms with E-state index in [0.717, 1.165) is 0 Å². The number of nitrogens with zero attached hydrogens (tertiary/aromatic N) is 3. The first-order valence-corrected chi connectivity index (χ1v) is 7.27. The fraction of sp³-hybridized carbons (Fsp3) is 0.182. The van der Waals surface area contributed by atoms with Crippen LogP contribution in [0.2, 0.25) is 5.02 Å². The molecule has 0 spiro atoms. The SMILES string of the molecule is Cc1nc(CNS(=O)(=O)c2ccc(C#N)cc2Cl)no1. The van der Waals surface area contributed by atoms with Crippen LogP contribution in [0.15, 0.2) is 27.6 Å². The van der Waals surface area contributed by atoms with E-state index in [0.29, 0.717) is 5.89 Å². The quantitative estimate of drug-likeness (QED) is 0.913. The molecule has 2 aromatic rings. The van der Waals surface area contributed by atoms with Crippen LogP contribution < -0.4 is 4.72 Å². The number of benzene rings is 1. The molecule has 0 atom stereocenters. The largest absolute Gasteiger partial charge is 0.340 e. The topological polar surface area (TPSA) is 109 Å². The maximum Gasteiger partial charge on any atom is 0.242 e. The summed E-state index contributed by atoms with van der Waals surface area (Å²) in [4.78, 5) is 3.76. The zero-order chi connectivity index (χ0) is 14.8. The molecule has 0 radical (unpaired) electrons. The second kappa shape index (κ2) is 5.58. The Morgan fingerprint density at radius 3 is 2.80 bits per heavy atom. The summed E-state index contributed by atoms with van der Waals surface area (Å²) in [6.45, 7) is 1.48. The summed E-state index contributed by atoms with van der Waals surface area (Å²) in [5, 5.41) is 12.3. The molecule has 1 aromatic carbocycles. The van der Waals surface area contributed by atoms with Gasteiger partial charge in [0.05, 0.1) is 23.2 Å². The van der Waals surface area contributed by atoms with Gasteiger partial charge in [-0.2, -0.15) is 10.2 Å². The van der Waals surface area contributed by atoms with Crippen LogP contribution in [0, 0.1) is 18.3 Å². The van der Waals surface area contributed by atoms with Crippen LogP contribution in [0.3, 0.4) is 0 Å². The summed E-state index contributed by atoms with van der Waals surface area (Å²) in [5.41, 5.74) is 0.280. The number of nitrogens with one attached hydrogen (secondary N) is 1. The van der Waals surface area contributed by atoms with E-state index < -0.39 is 10.0 Å². The van der Waals surface area contributed by atoms with Gasteiger partial charge in [0.1, 0.15) is 4.90 Å². The Hall–Kier alpha value is -1.95. The summed E-state index contributed by atoms with van der Waals surface area (Å²) < 4.78 is 31.2. The highest BCUT2D eigenvalue weighted by molar-refractivity contribution is 7.89. The van der Waals surface area contributed by atoms with Crippen molar-refractivity contribution >= 4 is 21.6 Å². The smallest absolute Gasteiger partial charge is 0.242 e. The number of aryl methyl sites for hydroxylation is 1. The minimum absolute atomic E-state index is 0.0270. The Morgan fingerprint density at radius 2 is 2.25 bits per heavy atom. The Bertz CT molecular complexity index is 779. The minimum Gasteiger partial charge on any atom is -0.340 e. The lowest BCUT2D eigenvalue weighted by Gasteiger charge is -2.06. The normalized spacial score (nSPS) is 11.2. The van der Waals surface area contributed by atoms with E-state index >= 15 is 0 Å². The first-order valence-electron chi connectivity index (χ1n) is 5.41. The van der Waals surface area contributed by atoms with E-state index in [-0.39, 0.29) is 27.9 Å². The number of nitriles is 1. The maximum atomic E-state index is 12.1. The Labute approximate surface area is 120 Å². The number of hydrogen-bond acceptors (Lipinski definition) is 6. The lowest BCUT2D eigenvalue weighted by atomic mass is 10.2. The molecule has 0 unspecified atom stereocenters. The number of halogens is 1. The van der Waals surface area contributed by atoms with Gasteiger partial charge in [-0.05, 0) is 18.2 Å². The van der Waals surface area contributed by atoms with Crippen molar-refractivity contribution in [1.82, 2.24) is 14.9 Å². The van der Waals surface area contributed by atoms with Crippen LogP contribution in [0.4, 0.5) is 0 Å². The monoisotopic (exact) mass is 312 g/mol. The third-order valence-electron chi connectivity index (χ3n) is 2.34.